The summed E-state index contributed by atoms with van der Waals surface area (Å²) in [5.41, 5.74) is -0.224. The van der Waals surface area contributed by atoms with Crippen molar-refractivity contribution in [2.24, 2.45) is 0 Å². The fraction of sp³-hybridized carbons (Fsp3) is 0.800. The lowest BCUT2D eigenvalue weighted by Gasteiger charge is -2.40. The van der Waals surface area contributed by atoms with E-state index in [1.54, 1.807) is 0 Å². The van der Waals surface area contributed by atoms with Crippen molar-refractivity contribution < 1.29 is 35.0 Å². The van der Waals surface area contributed by atoms with E-state index in [-0.39, 0.29) is 11.8 Å². The maximum Gasteiger partial charge on any atom is 0.509 e. The highest BCUT2D eigenvalue weighted by Crippen LogP contribution is 2.26. The number of halogens is 3. The molecule has 0 fully saturated rings. The smallest absolute Gasteiger partial charge is 0.458 e. The Morgan fingerprint density at radius 3 is 1.78 bits per heavy atom. The van der Waals surface area contributed by atoms with Gasteiger partial charge in [0.1, 0.15) is 0 Å². The molecule has 0 atom stereocenters. The van der Waals surface area contributed by atoms with Gasteiger partial charge in [-0.3, -0.25) is 0 Å². The summed E-state index contributed by atoms with van der Waals surface area (Å²) in [7, 11) is -9.13. The van der Waals surface area contributed by atoms with Crippen LogP contribution in [-0.2, 0) is 21.9 Å². The predicted octanol–water partition coefficient (Wildman–Crippen LogP) is 4.61. The van der Waals surface area contributed by atoms with Crippen LogP contribution < -0.4 is 0 Å². The number of hydrogen-bond donors (Lipinski definition) is 0. The molecule has 0 aliphatic heterocycles. The minimum atomic E-state index is -4.35. The summed E-state index contributed by atoms with van der Waals surface area (Å²) >= 11 is 0. The molecule has 27 heavy (non-hydrogen) atoms. The molecule has 0 aromatic carbocycles. The van der Waals surface area contributed by atoms with Crippen LogP contribution >= 0.6 is 0 Å². The van der Waals surface area contributed by atoms with E-state index in [9.17, 15) is 18.0 Å². The molecule has 0 aromatic rings. The number of carbonyl (C=O) groups is 1. The standard InChI is InChI=1S/C15H33F3O5Si4/c1-13(10-11-15(16,17)18)14(19)20-12-27(21-24(2)3,22-25(4,5)6)23-26(7,8)9/h24H,1,10-12H2,2-9H3. The number of rotatable bonds is 11. The molecular formula is C15H33F3O5Si4. The average Bonchev–Trinajstić information content (AvgIpc) is 2.36. The fourth-order valence-electron chi connectivity index (χ4n) is 2.10. The topological polar surface area (TPSA) is 54.0 Å². The van der Waals surface area contributed by atoms with E-state index < -0.39 is 59.5 Å². The fourth-order valence-corrected chi connectivity index (χ4v) is 15.3. The van der Waals surface area contributed by atoms with Gasteiger partial charge in [-0.15, -0.1) is 0 Å². The molecule has 0 N–H and O–H groups in total. The number of esters is 1. The molecule has 0 bridgehead atoms. The van der Waals surface area contributed by atoms with Crippen molar-refractivity contribution in [3.63, 3.8) is 0 Å². The Morgan fingerprint density at radius 1 is 1.00 bits per heavy atom. The van der Waals surface area contributed by atoms with Crippen molar-refractivity contribution in [3.05, 3.63) is 12.2 Å². The van der Waals surface area contributed by atoms with Crippen LogP contribution in [0.2, 0.25) is 52.4 Å². The summed E-state index contributed by atoms with van der Waals surface area (Å²) in [6.07, 6.45) is -6.18. The Labute approximate surface area is 165 Å². The second kappa shape index (κ2) is 9.98. The Kier molecular flexibility index (Phi) is 9.89. The van der Waals surface area contributed by atoms with E-state index in [2.05, 4.69) is 6.58 Å². The molecule has 0 rings (SSSR count). The zero-order chi connectivity index (χ0) is 21.7. The van der Waals surface area contributed by atoms with Crippen molar-refractivity contribution in [3.8, 4) is 0 Å². The van der Waals surface area contributed by atoms with Crippen LogP contribution in [0.4, 0.5) is 13.2 Å². The molecule has 0 amide bonds. The van der Waals surface area contributed by atoms with Gasteiger partial charge in [-0.1, -0.05) is 6.58 Å². The summed E-state index contributed by atoms with van der Waals surface area (Å²) in [5.74, 6) is -0.872. The summed E-state index contributed by atoms with van der Waals surface area (Å²) in [4.78, 5) is 12.1. The van der Waals surface area contributed by atoms with Gasteiger partial charge in [0, 0.05) is 12.0 Å². The van der Waals surface area contributed by atoms with E-state index in [0.29, 0.717) is 0 Å². The summed E-state index contributed by atoms with van der Waals surface area (Å²) in [6.45, 7) is 19.2. The highest BCUT2D eigenvalue weighted by atomic mass is 28.5. The van der Waals surface area contributed by atoms with Crippen LogP contribution in [0.15, 0.2) is 12.2 Å². The molecule has 0 spiro atoms. The molecule has 0 aliphatic carbocycles. The second-order valence-corrected chi connectivity index (χ2v) is 23.4. The Bertz CT molecular complexity index is 497. The monoisotopic (exact) mass is 462 g/mol. The van der Waals surface area contributed by atoms with Crippen molar-refractivity contribution in [2.45, 2.75) is 71.4 Å². The van der Waals surface area contributed by atoms with E-state index >= 15 is 0 Å². The number of alkyl halides is 3. The van der Waals surface area contributed by atoms with Crippen molar-refractivity contribution >= 4 is 40.4 Å². The molecule has 0 heterocycles. The summed E-state index contributed by atoms with van der Waals surface area (Å²) in [5, 5.41) is 0. The third-order valence-electron chi connectivity index (χ3n) is 2.72. The molecule has 12 heteroatoms. The molecule has 0 saturated heterocycles. The molecule has 0 aromatic heterocycles. The van der Waals surface area contributed by atoms with E-state index in [1.165, 1.54) is 0 Å². The molecule has 0 unspecified atom stereocenters. The van der Waals surface area contributed by atoms with Gasteiger partial charge in [0.2, 0.25) is 0 Å². The van der Waals surface area contributed by atoms with E-state index in [0.717, 1.165) is 0 Å². The van der Waals surface area contributed by atoms with Crippen LogP contribution in [0.25, 0.3) is 0 Å². The normalized spacial score (nSPS) is 13.8. The van der Waals surface area contributed by atoms with Gasteiger partial charge in [0.25, 0.3) is 0 Å². The quantitative estimate of drug-likeness (QED) is 0.255. The van der Waals surface area contributed by atoms with Gasteiger partial charge in [0.15, 0.2) is 31.9 Å². The lowest BCUT2D eigenvalue weighted by Crippen LogP contribution is -2.61. The van der Waals surface area contributed by atoms with Gasteiger partial charge in [-0.2, -0.15) is 13.2 Å². The third-order valence-corrected chi connectivity index (χ3v) is 13.9. The Morgan fingerprint density at radius 2 is 1.44 bits per heavy atom. The minimum absolute atomic E-state index is 0.212. The lowest BCUT2D eigenvalue weighted by atomic mass is 10.1. The van der Waals surface area contributed by atoms with E-state index in [1.807, 2.05) is 52.4 Å². The maximum atomic E-state index is 12.3. The van der Waals surface area contributed by atoms with Gasteiger partial charge in [-0.05, 0) is 58.8 Å². The van der Waals surface area contributed by atoms with Crippen molar-refractivity contribution in [1.82, 2.24) is 0 Å². The van der Waals surface area contributed by atoms with Crippen LogP contribution in [0.5, 0.6) is 0 Å². The number of carbonyl (C=O) groups excluding carboxylic acids is 1. The molecule has 0 aliphatic rings. The summed E-state index contributed by atoms with van der Waals surface area (Å²) in [6, 6.07) is 0. The first-order valence-corrected chi connectivity index (χ1v) is 20.4. The number of ether oxygens (including phenoxy) is 1. The highest BCUT2D eigenvalue weighted by Gasteiger charge is 2.49. The van der Waals surface area contributed by atoms with E-state index in [4.69, 9.17) is 17.1 Å². The van der Waals surface area contributed by atoms with Crippen LogP contribution in [0.1, 0.15) is 12.8 Å². The maximum absolute atomic E-state index is 12.3. The van der Waals surface area contributed by atoms with Gasteiger partial charge < -0.3 is 17.1 Å². The molecule has 0 radical (unpaired) electrons. The van der Waals surface area contributed by atoms with Crippen molar-refractivity contribution in [2.75, 3.05) is 6.23 Å². The van der Waals surface area contributed by atoms with Crippen LogP contribution in [0, 0.1) is 0 Å². The SMILES string of the molecule is C=C(CCC(F)(F)F)C(=O)OC[Si](O[SiH](C)C)(O[Si](C)(C)C)O[Si](C)(C)C. The van der Waals surface area contributed by atoms with Crippen molar-refractivity contribution in [1.29, 1.82) is 0 Å². The molecule has 0 saturated carbocycles. The highest BCUT2D eigenvalue weighted by molar-refractivity contribution is 6.87. The zero-order valence-electron chi connectivity index (χ0n) is 17.6. The molecule has 5 nitrogen and oxygen atoms in total. The van der Waals surface area contributed by atoms with Crippen LogP contribution in [-0.4, -0.2) is 52.9 Å². The predicted molar refractivity (Wildman–Crippen MR) is 110 cm³/mol. The first-order valence-electron chi connectivity index (χ1n) is 8.84. The molecular weight excluding hydrogens is 429 g/mol. The second-order valence-electron chi connectivity index (χ2n) is 8.57. The number of hydrogen-bond acceptors (Lipinski definition) is 5. The average molecular weight is 463 g/mol. The third kappa shape index (κ3) is 13.5. The first kappa shape index (κ1) is 26.7. The van der Waals surface area contributed by atoms with Crippen LogP contribution in [0.3, 0.4) is 0 Å². The lowest BCUT2D eigenvalue weighted by molar-refractivity contribution is -0.141. The minimum Gasteiger partial charge on any atom is -0.458 e. The first-order chi connectivity index (χ1) is 11.8. The zero-order valence-corrected chi connectivity index (χ0v) is 21.7. The van der Waals surface area contributed by atoms with Gasteiger partial charge in [0.05, 0.1) is 0 Å². The van der Waals surface area contributed by atoms with Gasteiger partial charge >= 0.3 is 21.0 Å². The molecule has 160 valence electrons. The summed E-state index contributed by atoms with van der Waals surface area (Å²) < 4.78 is 61.0. The Hall–Kier alpha value is -0.252. The largest absolute Gasteiger partial charge is 0.509 e. The Balaban J connectivity index is 5.32. The van der Waals surface area contributed by atoms with Gasteiger partial charge in [-0.25, -0.2) is 4.79 Å².